The lowest BCUT2D eigenvalue weighted by Gasteiger charge is -2.23. The summed E-state index contributed by atoms with van der Waals surface area (Å²) in [5, 5.41) is 0. The van der Waals surface area contributed by atoms with Gasteiger partial charge in [0.1, 0.15) is 6.10 Å². The summed E-state index contributed by atoms with van der Waals surface area (Å²) in [5.41, 5.74) is 2.13. The molecule has 0 aromatic rings. The molecule has 0 bridgehead atoms. The maximum absolute atomic E-state index is 12.7. The van der Waals surface area contributed by atoms with E-state index in [2.05, 4.69) is 4.94 Å². The predicted molar refractivity (Wildman–Crippen MR) is 86.3 cm³/mol. The number of halogens is 1. The van der Waals surface area contributed by atoms with E-state index >= 15 is 0 Å². The third kappa shape index (κ3) is 7.23. The van der Waals surface area contributed by atoms with Gasteiger partial charge in [-0.25, -0.2) is 0 Å². The normalized spacial score (nSPS) is 19.3. The molecule has 1 fully saturated rings. The molecule has 118 valence electrons. The fraction of sp³-hybridized carbons (Fsp3) is 0.778. The largest absolute Gasteiger partial charge is 0.186 e. The van der Waals surface area contributed by atoms with Crippen LogP contribution in [0, 0.1) is 5.92 Å². The summed E-state index contributed by atoms with van der Waals surface area (Å²) in [6, 6.07) is 0. The molecule has 1 unspecified atom stereocenters. The van der Waals surface area contributed by atoms with Crippen LogP contribution in [0.2, 0.25) is 0 Å². The van der Waals surface area contributed by atoms with Crippen LogP contribution in [0.3, 0.4) is 0 Å². The molecule has 0 heterocycles. The highest BCUT2D eigenvalue weighted by Crippen LogP contribution is 2.29. The Hall–Kier alpha value is -0.630. The molecular weight excluding hydrogens is 251 g/mol. The van der Waals surface area contributed by atoms with E-state index in [9.17, 15) is 4.53 Å². The zero-order valence-electron chi connectivity index (χ0n) is 14.0. The lowest BCUT2D eigenvalue weighted by atomic mass is 9.84. The average molecular weight is 284 g/mol. The molecule has 0 saturated heterocycles. The van der Waals surface area contributed by atoms with Gasteiger partial charge in [-0.1, -0.05) is 58.1 Å². The van der Waals surface area contributed by atoms with Crippen molar-refractivity contribution in [1.29, 1.82) is 0 Å². The fourth-order valence-corrected chi connectivity index (χ4v) is 2.83. The van der Waals surface area contributed by atoms with Crippen molar-refractivity contribution >= 4 is 0 Å². The van der Waals surface area contributed by atoms with Crippen molar-refractivity contribution in [2.75, 3.05) is 0 Å². The zero-order chi connectivity index (χ0) is 15.4. The molecule has 1 aliphatic carbocycles. The molecule has 0 aromatic heterocycles. The third-order valence-corrected chi connectivity index (χ3v) is 4.19. The summed E-state index contributed by atoms with van der Waals surface area (Å²) in [5.74, 6) is 0.784. The minimum absolute atomic E-state index is 0.358. The predicted octanol–water partition coefficient (Wildman–Crippen LogP) is 6.56. The molecule has 0 aliphatic heterocycles. The Kier molecular flexibility index (Phi) is 11.8. The van der Waals surface area contributed by atoms with Gasteiger partial charge in [-0.3, -0.25) is 0 Å². The van der Waals surface area contributed by atoms with E-state index in [1.165, 1.54) is 32.1 Å². The van der Waals surface area contributed by atoms with Crippen LogP contribution < -0.4 is 0 Å². The molecule has 1 nitrogen and oxygen atoms in total. The topological polar surface area (TPSA) is 9.23 Å². The molecular formula is C18H33FO. The average Bonchev–Trinajstić information content (AvgIpc) is 2.51. The van der Waals surface area contributed by atoms with Gasteiger partial charge in [0, 0.05) is 0 Å². The van der Waals surface area contributed by atoms with Crippen LogP contribution >= 0.6 is 0 Å². The highest BCUT2D eigenvalue weighted by molar-refractivity contribution is 5.24. The maximum Gasteiger partial charge on any atom is 0.120 e. The van der Waals surface area contributed by atoms with Gasteiger partial charge in [-0.05, 0) is 55.2 Å². The van der Waals surface area contributed by atoms with E-state index in [-0.39, 0.29) is 6.10 Å². The number of allylic oxidation sites excluding steroid dienone is 3. The Labute approximate surface area is 125 Å². The Morgan fingerprint density at radius 3 is 2.30 bits per heavy atom. The minimum atomic E-state index is -0.358. The molecule has 20 heavy (non-hydrogen) atoms. The van der Waals surface area contributed by atoms with Gasteiger partial charge in [0.15, 0.2) is 0 Å². The summed E-state index contributed by atoms with van der Waals surface area (Å²) in [6.07, 6.45) is 12.2. The molecule has 2 heteroatoms. The zero-order valence-corrected chi connectivity index (χ0v) is 14.0. The summed E-state index contributed by atoms with van der Waals surface area (Å²) in [4.78, 5) is 4.18. The van der Waals surface area contributed by atoms with E-state index in [1.54, 1.807) is 0 Å². The molecule has 1 rings (SSSR count). The van der Waals surface area contributed by atoms with Gasteiger partial charge >= 0.3 is 0 Å². The van der Waals surface area contributed by atoms with Gasteiger partial charge in [-0.15, -0.1) is 0 Å². The van der Waals surface area contributed by atoms with Crippen LogP contribution in [0.25, 0.3) is 0 Å². The first-order chi connectivity index (χ1) is 9.69. The molecule has 0 spiro atoms. The summed E-state index contributed by atoms with van der Waals surface area (Å²) >= 11 is 0. The monoisotopic (exact) mass is 284 g/mol. The number of rotatable bonds is 6. The van der Waals surface area contributed by atoms with Crippen LogP contribution in [-0.4, -0.2) is 6.10 Å². The van der Waals surface area contributed by atoms with E-state index in [0.717, 1.165) is 29.9 Å². The van der Waals surface area contributed by atoms with Gasteiger partial charge in [-0.2, -0.15) is 4.94 Å². The standard InChI is InChI=1S/C16H27FO.C2H6/c1-4-8-13(2)14(3)16(18-17)12-11-15-9-6-5-7-10-15;1-2/h4,8,15-16H,5-7,9-12H2,1-3H3;1-2H3/b8-4-,14-13+;. The maximum atomic E-state index is 12.7. The van der Waals surface area contributed by atoms with Crippen molar-refractivity contribution < 1.29 is 9.47 Å². The Bertz CT molecular complexity index is 288. The molecule has 0 radical (unpaired) electrons. The summed E-state index contributed by atoms with van der Waals surface area (Å²) in [7, 11) is 0. The molecule has 0 amide bonds. The Balaban J connectivity index is 0.00000172. The van der Waals surface area contributed by atoms with E-state index in [0.29, 0.717) is 0 Å². The molecule has 1 saturated carbocycles. The second kappa shape index (κ2) is 12.1. The number of hydrogen-bond acceptors (Lipinski definition) is 1. The first-order valence-corrected chi connectivity index (χ1v) is 8.26. The van der Waals surface area contributed by atoms with Crippen molar-refractivity contribution in [2.24, 2.45) is 5.92 Å². The van der Waals surface area contributed by atoms with Crippen LogP contribution in [0.15, 0.2) is 23.3 Å². The van der Waals surface area contributed by atoms with Crippen LogP contribution in [-0.2, 0) is 4.94 Å². The quantitative estimate of drug-likeness (QED) is 0.502. The van der Waals surface area contributed by atoms with Crippen molar-refractivity contribution in [3.05, 3.63) is 23.3 Å². The molecule has 1 atom stereocenters. The highest BCUT2D eigenvalue weighted by Gasteiger charge is 2.19. The van der Waals surface area contributed by atoms with Gasteiger partial charge in [0.05, 0.1) is 0 Å². The minimum Gasteiger partial charge on any atom is -0.186 e. The van der Waals surface area contributed by atoms with E-state index in [1.807, 2.05) is 46.8 Å². The second-order valence-electron chi connectivity index (χ2n) is 5.53. The van der Waals surface area contributed by atoms with Gasteiger partial charge in [0.25, 0.3) is 0 Å². The van der Waals surface area contributed by atoms with Gasteiger partial charge in [0.2, 0.25) is 0 Å². The van der Waals surface area contributed by atoms with Crippen LogP contribution in [0.5, 0.6) is 0 Å². The molecule has 1 aliphatic rings. The first kappa shape index (κ1) is 19.4. The van der Waals surface area contributed by atoms with Crippen molar-refractivity contribution in [3.63, 3.8) is 0 Å². The number of hydrogen-bond donors (Lipinski definition) is 0. The first-order valence-electron chi connectivity index (χ1n) is 8.26. The smallest absolute Gasteiger partial charge is 0.120 e. The van der Waals surface area contributed by atoms with E-state index in [4.69, 9.17) is 0 Å². The Morgan fingerprint density at radius 1 is 1.20 bits per heavy atom. The van der Waals surface area contributed by atoms with Crippen LogP contribution in [0.4, 0.5) is 4.53 Å². The summed E-state index contributed by atoms with van der Waals surface area (Å²) < 4.78 is 12.7. The van der Waals surface area contributed by atoms with E-state index < -0.39 is 0 Å². The van der Waals surface area contributed by atoms with Crippen molar-refractivity contribution in [2.45, 2.75) is 85.7 Å². The van der Waals surface area contributed by atoms with Crippen molar-refractivity contribution in [3.8, 4) is 0 Å². The van der Waals surface area contributed by atoms with Crippen molar-refractivity contribution in [1.82, 2.24) is 0 Å². The summed E-state index contributed by atoms with van der Waals surface area (Å²) in [6.45, 7) is 9.96. The third-order valence-electron chi connectivity index (χ3n) is 4.19. The second-order valence-corrected chi connectivity index (χ2v) is 5.53. The lowest BCUT2D eigenvalue weighted by molar-refractivity contribution is -0.168. The molecule has 0 aromatic carbocycles. The van der Waals surface area contributed by atoms with Crippen LogP contribution in [0.1, 0.15) is 79.6 Å². The highest BCUT2D eigenvalue weighted by atomic mass is 19.3. The Morgan fingerprint density at radius 2 is 1.80 bits per heavy atom. The SMILES string of the molecule is C/C=C\C(C)=C(/C)C(CCC1CCCCC1)OF.CC. The van der Waals surface area contributed by atoms with Gasteiger partial charge < -0.3 is 0 Å². The molecule has 0 N–H and O–H groups in total. The fourth-order valence-electron chi connectivity index (χ4n) is 2.83. The lowest BCUT2D eigenvalue weighted by Crippen LogP contribution is -2.15.